The molecule has 0 saturated carbocycles. The highest BCUT2D eigenvalue weighted by Crippen LogP contribution is 2.17. The van der Waals surface area contributed by atoms with Crippen molar-refractivity contribution in [3.8, 4) is 0 Å². The van der Waals surface area contributed by atoms with E-state index in [0.29, 0.717) is 24.8 Å². The van der Waals surface area contributed by atoms with Gasteiger partial charge in [-0.05, 0) is 6.42 Å². The molecule has 0 bridgehead atoms. The maximum absolute atomic E-state index is 11.1. The molecule has 1 aliphatic rings. The molecule has 1 aromatic rings. The minimum atomic E-state index is -0.917. The summed E-state index contributed by atoms with van der Waals surface area (Å²) < 4.78 is 7.09. The zero-order valence-corrected chi connectivity index (χ0v) is 10.8. The minimum Gasteiger partial charge on any atom is -0.478 e. The highest BCUT2D eigenvalue weighted by atomic mass is 16.5. The third-order valence-corrected chi connectivity index (χ3v) is 3.47. The van der Waals surface area contributed by atoms with Crippen LogP contribution in [0, 0.1) is 0 Å². The Labute approximate surface area is 106 Å². The van der Waals surface area contributed by atoms with E-state index in [2.05, 4.69) is 16.9 Å². The number of ether oxygens (including phenoxy) is 1. The fourth-order valence-electron chi connectivity index (χ4n) is 2.29. The number of carboxylic acids is 1. The third-order valence-electron chi connectivity index (χ3n) is 3.47. The van der Waals surface area contributed by atoms with Gasteiger partial charge in [0.25, 0.3) is 0 Å². The highest BCUT2D eigenvalue weighted by molar-refractivity contribution is 5.88. The standard InChI is InChI=1S/C12H19N3O3/c1-3-9-8-18-5-4-15(9)7-11-10(12(16)17)6-13-14(11)2/h6,9H,3-5,7-8H2,1-2H3,(H,16,17). The van der Waals surface area contributed by atoms with Crippen molar-refractivity contribution < 1.29 is 14.6 Å². The molecule has 1 aromatic heterocycles. The summed E-state index contributed by atoms with van der Waals surface area (Å²) in [5, 5.41) is 13.2. The molecule has 1 fully saturated rings. The van der Waals surface area contributed by atoms with Crippen molar-refractivity contribution in [2.24, 2.45) is 7.05 Å². The van der Waals surface area contributed by atoms with Crippen LogP contribution in [0.1, 0.15) is 29.4 Å². The van der Waals surface area contributed by atoms with E-state index in [-0.39, 0.29) is 0 Å². The Kier molecular flexibility index (Phi) is 3.98. The molecule has 2 heterocycles. The fraction of sp³-hybridized carbons (Fsp3) is 0.667. The molecular formula is C12H19N3O3. The molecular weight excluding hydrogens is 234 g/mol. The van der Waals surface area contributed by atoms with Gasteiger partial charge in [-0.15, -0.1) is 0 Å². The first-order valence-corrected chi connectivity index (χ1v) is 6.19. The van der Waals surface area contributed by atoms with Crippen LogP contribution in [0.5, 0.6) is 0 Å². The lowest BCUT2D eigenvalue weighted by Crippen LogP contribution is -2.44. The zero-order chi connectivity index (χ0) is 13.1. The van der Waals surface area contributed by atoms with Crippen LogP contribution in [0.4, 0.5) is 0 Å². The zero-order valence-electron chi connectivity index (χ0n) is 10.8. The number of rotatable bonds is 4. The van der Waals surface area contributed by atoms with E-state index in [1.807, 2.05) is 0 Å². The molecule has 1 aliphatic heterocycles. The molecule has 0 amide bonds. The van der Waals surface area contributed by atoms with Crippen LogP contribution < -0.4 is 0 Å². The summed E-state index contributed by atoms with van der Waals surface area (Å²) in [5.41, 5.74) is 1.04. The topological polar surface area (TPSA) is 67.6 Å². The van der Waals surface area contributed by atoms with Crippen LogP contribution in [0.25, 0.3) is 0 Å². The summed E-state index contributed by atoms with van der Waals surface area (Å²) in [6.45, 7) is 4.99. The van der Waals surface area contributed by atoms with E-state index in [9.17, 15) is 4.79 Å². The average Bonchev–Trinajstić information content (AvgIpc) is 2.72. The molecule has 1 atom stereocenters. The second-order valence-electron chi connectivity index (χ2n) is 4.54. The second-order valence-corrected chi connectivity index (χ2v) is 4.54. The lowest BCUT2D eigenvalue weighted by Gasteiger charge is -2.35. The Morgan fingerprint density at radius 2 is 2.44 bits per heavy atom. The predicted octanol–water partition coefficient (Wildman–Crippen LogP) is 0.729. The van der Waals surface area contributed by atoms with Crippen molar-refractivity contribution in [3.05, 3.63) is 17.5 Å². The van der Waals surface area contributed by atoms with Crippen LogP contribution in [0.15, 0.2) is 6.20 Å². The number of hydrogen-bond acceptors (Lipinski definition) is 4. The molecule has 1 unspecified atom stereocenters. The van der Waals surface area contributed by atoms with E-state index >= 15 is 0 Å². The van der Waals surface area contributed by atoms with Gasteiger partial charge in [0.2, 0.25) is 0 Å². The molecule has 6 nitrogen and oxygen atoms in total. The molecule has 0 aliphatic carbocycles. The smallest absolute Gasteiger partial charge is 0.339 e. The van der Waals surface area contributed by atoms with Gasteiger partial charge < -0.3 is 9.84 Å². The van der Waals surface area contributed by atoms with Gasteiger partial charge in [0.05, 0.1) is 25.1 Å². The maximum atomic E-state index is 11.1. The van der Waals surface area contributed by atoms with Gasteiger partial charge in [-0.1, -0.05) is 6.92 Å². The number of carboxylic acid groups (broad SMARTS) is 1. The number of aryl methyl sites for hydroxylation is 1. The number of nitrogens with zero attached hydrogens (tertiary/aromatic N) is 3. The van der Waals surface area contributed by atoms with Gasteiger partial charge in [0, 0.05) is 26.2 Å². The SMILES string of the molecule is CCC1COCCN1Cc1c(C(=O)O)cnn1C. The van der Waals surface area contributed by atoms with Gasteiger partial charge in [0.1, 0.15) is 5.56 Å². The molecule has 100 valence electrons. The molecule has 1 saturated heterocycles. The molecule has 0 spiro atoms. The second kappa shape index (κ2) is 5.49. The van der Waals surface area contributed by atoms with Gasteiger partial charge in [-0.3, -0.25) is 9.58 Å². The number of hydrogen-bond donors (Lipinski definition) is 1. The quantitative estimate of drug-likeness (QED) is 0.856. The van der Waals surface area contributed by atoms with Crippen LogP contribution in [0.3, 0.4) is 0 Å². The summed E-state index contributed by atoms with van der Waals surface area (Å²) in [4.78, 5) is 13.4. The lowest BCUT2D eigenvalue weighted by atomic mass is 10.1. The fourth-order valence-corrected chi connectivity index (χ4v) is 2.29. The number of morpholine rings is 1. The number of carbonyl (C=O) groups is 1. The largest absolute Gasteiger partial charge is 0.478 e. The summed E-state index contributed by atoms with van der Waals surface area (Å²) >= 11 is 0. The molecule has 0 radical (unpaired) electrons. The molecule has 6 heteroatoms. The Balaban J connectivity index is 2.17. The van der Waals surface area contributed by atoms with E-state index in [1.165, 1.54) is 6.20 Å². The summed E-state index contributed by atoms with van der Waals surface area (Å²) in [6.07, 6.45) is 2.42. The van der Waals surface area contributed by atoms with Gasteiger partial charge in [-0.25, -0.2) is 4.79 Å². The molecule has 18 heavy (non-hydrogen) atoms. The Hall–Kier alpha value is -1.40. The van der Waals surface area contributed by atoms with Crippen LogP contribution in [0.2, 0.25) is 0 Å². The van der Waals surface area contributed by atoms with Crippen molar-refractivity contribution in [1.82, 2.24) is 14.7 Å². The van der Waals surface area contributed by atoms with Crippen LogP contribution >= 0.6 is 0 Å². The van der Waals surface area contributed by atoms with Crippen molar-refractivity contribution in [1.29, 1.82) is 0 Å². The summed E-state index contributed by atoms with van der Waals surface area (Å²) in [6, 6.07) is 0.357. The Morgan fingerprint density at radius 3 is 3.11 bits per heavy atom. The van der Waals surface area contributed by atoms with E-state index in [0.717, 1.165) is 25.3 Å². The number of aromatic carboxylic acids is 1. The van der Waals surface area contributed by atoms with Crippen LogP contribution in [-0.4, -0.2) is 51.6 Å². The summed E-state index contributed by atoms with van der Waals surface area (Å²) in [7, 11) is 1.78. The van der Waals surface area contributed by atoms with E-state index < -0.39 is 5.97 Å². The maximum Gasteiger partial charge on any atom is 0.339 e. The summed E-state index contributed by atoms with van der Waals surface area (Å²) in [5.74, 6) is -0.917. The Morgan fingerprint density at radius 1 is 1.67 bits per heavy atom. The minimum absolute atomic E-state index is 0.291. The van der Waals surface area contributed by atoms with E-state index in [1.54, 1.807) is 11.7 Å². The van der Waals surface area contributed by atoms with Crippen LogP contribution in [-0.2, 0) is 18.3 Å². The predicted molar refractivity (Wildman–Crippen MR) is 65.5 cm³/mol. The first-order valence-electron chi connectivity index (χ1n) is 6.19. The highest BCUT2D eigenvalue weighted by Gasteiger charge is 2.25. The molecule has 0 aromatic carbocycles. The van der Waals surface area contributed by atoms with Crippen molar-refractivity contribution in [2.75, 3.05) is 19.8 Å². The molecule has 1 N–H and O–H groups in total. The van der Waals surface area contributed by atoms with E-state index in [4.69, 9.17) is 9.84 Å². The number of aromatic nitrogens is 2. The van der Waals surface area contributed by atoms with Gasteiger partial charge in [-0.2, -0.15) is 5.10 Å². The van der Waals surface area contributed by atoms with Crippen molar-refractivity contribution >= 4 is 5.97 Å². The normalized spacial score (nSPS) is 21.1. The first-order chi connectivity index (χ1) is 8.63. The van der Waals surface area contributed by atoms with Gasteiger partial charge in [0.15, 0.2) is 0 Å². The van der Waals surface area contributed by atoms with Gasteiger partial charge >= 0.3 is 5.97 Å². The van der Waals surface area contributed by atoms with Crippen molar-refractivity contribution in [2.45, 2.75) is 25.9 Å². The first kappa shape index (κ1) is 13.0. The van der Waals surface area contributed by atoms with Crippen molar-refractivity contribution in [3.63, 3.8) is 0 Å². The third kappa shape index (κ3) is 2.54. The average molecular weight is 253 g/mol. The lowest BCUT2D eigenvalue weighted by molar-refractivity contribution is -0.0138. The monoisotopic (exact) mass is 253 g/mol. The Bertz CT molecular complexity index is 430. The molecule has 2 rings (SSSR count).